The lowest BCUT2D eigenvalue weighted by atomic mass is 10.0. The normalized spacial score (nSPS) is 20.5. The van der Waals surface area contributed by atoms with Gasteiger partial charge in [-0.15, -0.1) is 0 Å². The van der Waals surface area contributed by atoms with Crippen LogP contribution >= 0.6 is 0 Å². The molecule has 0 aromatic carbocycles. The maximum Gasteiger partial charge on any atom is 0.119 e. The predicted octanol–water partition coefficient (Wildman–Crippen LogP) is 6.11. The minimum absolute atomic E-state index is 0.526. The minimum Gasteiger partial charge on any atom is -0.378 e. The highest BCUT2D eigenvalue weighted by atomic mass is 32.2. The molecule has 132 valence electrons. The van der Waals surface area contributed by atoms with Crippen molar-refractivity contribution in [1.29, 1.82) is 0 Å². The van der Waals surface area contributed by atoms with Crippen LogP contribution in [0.15, 0.2) is 0 Å². The van der Waals surface area contributed by atoms with Gasteiger partial charge in [-0.25, -0.2) is 0 Å². The van der Waals surface area contributed by atoms with Gasteiger partial charge >= 0.3 is 0 Å². The summed E-state index contributed by atoms with van der Waals surface area (Å²) in [7, 11) is 0.626. The van der Waals surface area contributed by atoms with Crippen LogP contribution < -0.4 is 0 Å². The Balaban J connectivity index is 1.83. The second kappa shape index (κ2) is 11.8. The molecule has 1 aliphatic rings. The van der Waals surface area contributed by atoms with Gasteiger partial charge in [0.25, 0.3) is 0 Å². The molecule has 0 saturated carbocycles. The van der Waals surface area contributed by atoms with E-state index >= 15 is 0 Å². The van der Waals surface area contributed by atoms with E-state index in [0.29, 0.717) is 21.7 Å². The minimum atomic E-state index is 0.526. The van der Waals surface area contributed by atoms with Crippen LogP contribution in [0.25, 0.3) is 0 Å². The molecule has 1 rings (SSSR count). The van der Waals surface area contributed by atoms with Gasteiger partial charge in [0.05, 0.1) is 6.10 Å². The Labute approximate surface area is 143 Å². The first kappa shape index (κ1) is 20.4. The molecule has 0 spiro atoms. The van der Waals surface area contributed by atoms with Crippen molar-refractivity contribution in [2.45, 2.75) is 109 Å². The van der Waals surface area contributed by atoms with Crippen LogP contribution in [0.3, 0.4) is 0 Å². The highest BCUT2D eigenvalue weighted by Crippen LogP contribution is 2.21. The average molecular weight is 330 g/mol. The predicted molar refractivity (Wildman–Crippen MR) is 103 cm³/mol. The van der Waals surface area contributed by atoms with Crippen molar-refractivity contribution < 1.29 is 4.74 Å². The zero-order valence-corrected chi connectivity index (χ0v) is 16.6. The number of ether oxygens (including phenoxy) is 1. The molecule has 2 atom stereocenters. The van der Waals surface area contributed by atoms with Gasteiger partial charge in [-0.2, -0.15) is 0 Å². The first-order chi connectivity index (χ1) is 10.5. The summed E-state index contributed by atoms with van der Waals surface area (Å²) in [5.41, 5.74) is 0. The molecule has 1 heterocycles. The highest BCUT2D eigenvalue weighted by Gasteiger charge is 2.31. The fourth-order valence-corrected chi connectivity index (χ4v) is 5.78. The molecule has 0 N–H and O–H groups in total. The van der Waals surface area contributed by atoms with E-state index in [4.69, 9.17) is 4.74 Å². The van der Waals surface area contributed by atoms with Gasteiger partial charge in [0.2, 0.25) is 0 Å². The van der Waals surface area contributed by atoms with Gasteiger partial charge < -0.3 is 4.74 Å². The summed E-state index contributed by atoms with van der Waals surface area (Å²) in [6, 6.07) is 0. The smallest absolute Gasteiger partial charge is 0.119 e. The van der Waals surface area contributed by atoms with Crippen molar-refractivity contribution in [3.05, 3.63) is 0 Å². The van der Waals surface area contributed by atoms with Crippen molar-refractivity contribution >= 4 is 10.9 Å². The van der Waals surface area contributed by atoms with Gasteiger partial charge in [0, 0.05) is 6.61 Å². The van der Waals surface area contributed by atoms with Gasteiger partial charge in [-0.3, -0.25) is 0 Å². The number of hydrogen-bond donors (Lipinski definition) is 0. The largest absolute Gasteiger partial charge is 0.378 e. The lowest BCUT2D eigenvalue weighted by Gasteiger charge is -2.20. The van der Waals surface area contributed by atoms with Crippen LogP contribution in [-0.2, 0) is 15.6 Å². The van der Waals surface area contributed by atoms with E-state index in [1.807, 2.05) is 0 Å². The van der Waals surface area contributed by atoms with Crippen molar-refractivity contribution in [3.8, 4) is 0 Å². The van der Waals surface area contributed by atoms with E-state index in [2.05, 4.69) is 27.7 Å². The number of rotatable bonds is 12. The first-order valence-corrected chi connectivity index (χ1v) is 11.4. The topological polar surface area (TPSA) is 9.23 Å². The molecule has 1 saturated heterocycles. The third kappa shape index (κ3) is 9.45. The molecule has 2 heteroatoms. The third-order valence-corrected chi connectivity index (χ3v) is 8.12. The molecule has 1 nitrogen and oxygen atoms in total. The van der Waals surface area contributed by atoms with E-state index in [9.17, 15) is 0 Å². The Bertz CT molecular complexity index is 253. The highest BCUT2D eigenvalue weighted by molar-refractivity contribution is 7.98. The summed E-state index contributed by atoms with van der Waals surface area (Å²) in [6.45, 7) is 10.6. The van der Waals surface area contributed by atoms with Crippen molar-refractivity contribution in [3.63, 3.8) is 0 Å². The summed E-state index contributed by atoms with van der Waals surface area (Å²) in [4.78, 5) is 0. The quantitative estimate of drug-likeness (QED) is 0.310. The van der Waals surface area contributed by atoms with Crippen LogP contribution in [0, 0.1) is 0 Å². The van der Waals surface area contributed by atoms with E-state index in [1.54, 1.807) is 0 Å². The van der Waals surface area contributed by atoms with Crippen molar-refractivity contribution in [2.24, 2.45) is 0 Å². The maximum atomic E-state index is 5.68. The standard InChI is InChI=1S/C20H41OS/c1-5-22(20(2,3)4)18-13-11-9-7-6-8-10-12-15-19-16-14-17-21-19/h19H,5-18H2,1-4H3/q+1. The monoisotopic (exact) mass is 329 g/mol. The molecular formula is C20H41OS+. The Morgan fingerprint density at radius 1 is 0.909 bits per heavy atom. The Morgan fingerprint density at radius 3 is 2.00 bits per heavy atom. The summed E-state index contributed by atoms with van der Waals surface area (Å²) in [5, 5.41) is 0. The zero-order valence-electron chi connectivity index (χ0n) is 15.8. The molecule has 22 heavy (non-hydrogen) atoms. The maximum absolute atomic E-state index is 5.68. The number of unbranched alkanes of at least 4 members (excludes halogenated alkanes) is 7. The first-order valence-electron chi connectivity index (χ1n) is 9.83. The Kier molecular flexibility index (Phi) is 10.9. The average Bonchev–Trinajstić information content (AvgIpc) is 2.96. The summed E-state index contributed by atoms with van der Waals surface area (Å²) >= 11 is 0. The second-order valence-corrected chi connectivity index (χ2v) is 11.0. The van der Waals surface area contributed by atoms with Crippen molar-refractivity contribution in [1.82, 2.24) is 0 Å². The van der Waals surface area contributed by atoms with E-state index in [-0.39, 0.29) is 0 Å². The van der Waals surface area contributed by atoms with Gasteiger partial charge in [0.15, 0.2) is 0 Å². The molecule has 0 bridgehead atoms. The molecule has 0 aromatic rings. The lowest BCUT2D eigenvalue weighted by molar-refractivity contribution is 0.102. The molecule has 0 aliphatic carbocycles. The van der Waals surface area contributed by atoms with Crippen LogP contribution in [0.4, 0.5) is 0 Å². The second-order valence-electron chi connectivity index (χ2n) is 7.85. The van der Waals surface area contributed by atoms with Gasteiger partial charge in [-0.1, -0.05) is 38.5 Å². The number of hydrogen-bond acceptors (Lipinski definition) is 1. The Hall–Kier alpha value is 0.310. The molecule has 0 radical (unpaired) electrons. The van der Waals surface area contributed by atoms with Crippen molar-refractivity contribution in [2.75, 3.05) is 18.1 Å². The molecule has 1 fully saturated rings. The van der Waals surface area contributed by atoms with E-state index in [1.165, 1.54) is 82.1 Å². The molecule has 2 unspecified atom stereocenters. The molecule has 0 amide bonds. The SMILES string of the molecule is CC[S+](CCCCCCCCCCC1CCCO1)C(C)(C)C. The third-order valence-electron chi connectivity index (χ3n) is 4.91. The van der Waals surface area contributed by atoms with E-state index < -0.39 is 0 Å². The molecule has 1 aliphatic heterocycles. The van der Waals surface area contributed by atoms with E-state index in [0.717, 1.165) is 6.61 Å². The van der Waals surface area contributed by atoms with Crippen LogP contribution in [-0.4, -0.2) is 29.0 Å². The zero-order chi connectivity index (χ0) is 16.3. The fourth-order valence-electron chi connectivity index (χ4n) is 3.46. The molecule has 0 aromatic heterocycles. The van der Waals surface area contributed by atoms with Gasteiger partial charge in [0.1, 0.15) is 16.3 Å². The van der Waals surface area contributed by atoms with Crippen LogP contribution in [0.1, 0.15) is 98.3 Å². The molecular weight excluding hydrogens is 288 g/mol. The lowest BCUT2D eigenvalue weighted by Crippen LogP contribution is -2.32. The van der Waals surface area contributed by atoms with Crippen LogP contribution in [0.5, 0.6) is 0 Å². The summed E-state index contributed by atoms with van der Waals surface area (Å²) in [6.07, 6.45) is 16.0. The van der Waals surface area contributed by atoms with Gasteiger partial charge in [-0.05, 0) is 70.7 Å². The Morgan fingerprint density at radius 2 is 1.50 bits per heavy atom. The summed E-state index contributed by atoms with van der Waals surface area (Å²) in [5.74, 6) is 2.83. The summed E-state index contributed by atoms with van der Waals surface area (Å²) < 4.78 is 6.20. The van der Waals surface area contributed by atoms with Crippen LogP contribution in [0.2, 0.25) is 0 Å². The fraction of sp³-hybridized carbons (Fsp3) is 1.00.